The highest BCUT2D eigenvalue weighted by Crippen LogP contribution is 2.44. The predicted molar refractivity (Wildman–Crippen MR) is 79.0 cm³/mol. The lowest BCUT2D eigenvalue weighted by atomic mass is 10.0. The Kier molecular flexibility index (Phi) is 4.09. The summed E-state index contributed by atoms with van der Waals surface area (Å²) in [5.41, 5.74) is -0.362. The Bertz CT molecular complexity index is 767. The average molecular weight is 338 g/mol. The summed E-state index contributed by atoms with van der Waals surface area (Å²) in [7, 11) is 1.40. The smallest absolute Gasteiger partial charge is 0.416 e. The number of ether oxygens (including phenoxy) is 3. The van der Waals surface area contributed by atoms with Crippen LogP contribution in [0.5, 0.6) is 23.0 Å². The van der Waals surface area contributed by atoms with Crippen LogP contribution in [0.2, 0.25) is 0 Å². The molecule has 0 N–H and O–H groups in total. The van der Waals surface area contributed by atoms with Crippen LogP contribution in [0.4, 0.5) is 13.2 Å². The molecule has 4 nitrogen and oxygen atoms in total. The predicted octanol–water partition coefficient (Wildman–Crippen LogP) is 4.47. The first-order chi connectivity index (χ1) is 11.4. The largest absolute Gasteiger partial charge is 0.490 e. The van der Waals surface area contributed by atoms with Crippen molar-refractivity contribution in [3.05, 3.63) is 47.5 Å². The number of benzene rings is 2. The highest BCUT2D eigenvalue weighted by atomic mass is 19.4. The number of Topliss-reactive ketones (excluding diaryl/α,β-unsaturated/α-hetero) is 1. The maximum absolute atomic E-state index is 12.6. The molecule has 0 amide bonds. The zero-order chi connectivity index (χ0) is 17.3. The molecule has 2 aromatic rings. The van der Waals surface area contributed by atoms with E-state index in [1.54, 1.807) is 6.07 Å². The first-order valence-corrected chi connectivity index (χ1v) is 7.12. The Morgan fingerprint density at radius 2 is 1.79 bits per heavy atom. The summed E-state index contributed by atoms with van der Waals surface area (Å²) in [5, 5.41) is 0. The molecule has 3 rings (SSSR count). The number of hydrogen-bond donors (Lipinski definition) is 0. The second-order valence-electron chi connectivity index (χ2n) is 5.12. The summed E-state index contributed by atoms with van der Waals surface area (Å²) in [6, 6.07) is 7.38. The van der Waals surface area contributed by atoms with E-state index in [9.17, 15) is 18.0 Å². The third-order valence-corrected chi connectivity index (χ3v) is 3.57. The van der Waals surface area contributed by atoms with E-state index < -0.39 is 11.7 Å². The minimum Gasteiger partial charge on any atom is -0.490 e. The number of rotatable bonds is 3. The second-order valence-corrected chi connectivity index (χ2v) is 5.12. The zero-order valence-electron chi connectivity index (χ0n) is 12.6. The van der Waals surface area contributed by atoms with Gasteiger partial charge in [0.2, 0.25) is 5.75 Å². The lowest BCUT2D eigenvalue weighted by Crippen LogP contribution is -2.16. The highest BCUT2D eigenvalue weighted by Gasteiger charge is 2.30. The summed E-state index contributed by atoms with van der Waals surface area (Å²) in [6.07, 6.45) is -4.12. The van der Waals surface area contributed by atoms with Crippen LogP contribution in [-0.4, -0.2) is 19.5 Å². The molecule has 24 heavy (non-hydrogen) atoms. The number of fused-ring (bicyclic) bond motifs is 1. The van der Waals surface area contributed by atoms with Gasteiger partial charge in [0.15, 0.2) is 17.3 Å². The van der Waals surface area contributed by atoms with Crippen molar-refractivity contribution in [3.8, 4) is 23.0 Å². The molecule has 2 aromatic carbocycles. The number of alkyl halides is 3. The van der Waals surface area contributed by atoms with E-state index in [4.69, 9.17) is 14.2 Å². The molecule has 0 fully saturated rings. The van der Waals surface area contributed by atoms with Gasteiger partial charge in [-0.1, -0.05) is 0 Å². The van der Waals surface area contributed by atoms with E-state index in [1.165, 1.54) is 25.3 Å². The molecule has 126 valence electrons. The monoisotopic (exact) mass is 338 g/mol. The van der Waals surface area contributed by atoms with Crippen LogP contribution >= 0.6 is 0 Å². The molecule has 0 spiro atoms. The lowest BCUT2D eigenvalue weighted by Gasteiger charge is -2.21. The Balaban J connectivity index is 1.92. The molecule has 0 bridgehead atoms. The summed E-state index contributed by atoms with van der Waals surface area (Å²) in [5.74, 6) is 0.934. The van der Waals surface area contributed by atoms with Gasteiger partial charge in [-0.05, 0) is 36.4 Å². The SMILES string of the molecule is COc1c(Oc2ccc(C(F)(F)F)cc2)ccc2c1OCCC2=O. The van der Waals surface area contributed by atoms with Gasteiger partial charge in [0.25, 0.3) is 0 Å². The molecule has 0 saturated carbocycles. The molecule has 1 aliphatic rings. The van der Waals surface area contributed by atoms with Crippen molar-refractivity contribution in [2.24, 2.45) is 0 Å². The summed E-state index contributed by atoms with van der Waals surface area (Å²) in [6.45, 7) is 0.242. The van der Waals surface area contributed by atoms with Gasteiger partial charge in [0, 0.05) is 6.42 Å². The van der Waals surface area contributed by atoms with Gasteiger partial charge < -0.3 is 14.2 Å². The van der Waals surface area contributed by atoms with E-state index in [2.05, 4.69) is 0 Å². The van der Waals surface area contributed by atoms with Crippen molar-refractivity contribution in [3.63, 3.8) is 0 Å². The molecule has 0 unspecified atom stereocenters. The molecule has 0 aromatic heterocycles. The van der Waals surface area contributed by atoms with Gasteiger partial charge >= 0.3 is 6.18 Å². The van der Waals surface area contributed by atoms with Crippen LogP contribution in [0.15, 0.2) is 36.4 Å². The topological polar surface area (TPSA) is 44.8 Å². The van der Waals surface area contributed by atoms with Crippen LogP contribution in [-0.2, 0) is 6.18 Å². The number of carbonyl (C=O) groups excluding carboxylic acids is 1. The fourth-order valence-corrected chi connectivity index (χ4v) is 2.40. The molecular formula is C17H13F3O4. The molecule has 1 heterocycles. The van der Waals surface area contributed by atoms with Crippen molar-refractivity contribution in [1.82, 2.24) is 0 Å². The van der Waals surface area contributed by atoms with Crippen molar-refractivity contribution in [2.75, 3.05) is 13.7 Å². The number of hydrogen-bond acceptors (Lipinski definition) is 4. The molecule has 0 saturated heterocycles. The van der Waals surface area contributed by atoms with Gasteiger partial charge in [-0.3, -0.25) is 4.79 Å². The molecule has 0 atom stereocenters. The molecule has 0 aliphatic carbocycles. The lowest BCUT2D eigenvalue weighted by molar-refractivity contribution is -0.137. The fourth-order valence-electron chi connectivity index (χ4n) is 2.40. The minimum absolute atomic E-state index is 0.0596. The van der Waals surface area contributed by atoms with E-state index in [0.717, 1.165) is 12.1 Å². The van der Waals surface area contributed by atoms with Gasteiger partial charge in [-0.2, -0.15) is 13.2 Å². The Labute approximate surface area is 135 Å². The zero-order valence-corrected chi connectivity index (χ0v) is 12.6. The van der Waals surface area contributed by atoms with Crippen molar-refractivity contribution < 1.29 is 32.2 Å². The van der Waals surface area contributed by atoms with Crippen LogP contribution in [0.1, 0.15) is 22.3 Å². The highest BCUT2D eigenvalue weighted by molar-refractivity contribution is 6.00. The minimum atomic E-state index is -4.41. The van der Waals surface area contributed by atoms with Crippen LogP contribution in [0.25, 0.3) is 0 Å². The Hall–Kier alpha value is -2.70. The van der Waals surface area contributed by atoms with Gasteiger partial charge in [-0.15, -0.1) is 0 Å². The van der Waals surface area contributed by atoms with Crippen LogP contribution < -0.4 is 14.2 Å². The van der Waals surface area contributed by atoms with E-state index >= 15 is 0 Å². The molecule has 7 heteroatoms. The Morgan fingerprint density at radius 3 is 2.42 bits per heavy atom. The van der Waals surface area contributed by atoms with Gasteiger partial charge in [0.05, 0.1) is 24.8 Å². The number of ketones is 1. The standard InChI is InChI=1S/C17H13F3O4/c1-22-16-14(7-6-12-13(21)8-9-23-15(12)16)24-11-4-2-10(3-5-11)17(18,19)20/h2-7H,8-9H2,1H3. The van der Waals surface area contributed by atoms with E-state index in [0.29, 0.717) is 5.56 Å². The van der Waals surface area contributed by atoms with Crippen molar-refractivity contribution >= 4 is 5.78 Å². The van der Waals surface area contributed by atoms with Gasteiger partial charge in [0.1, 0.15) is 5.75 Å². The first-order valence-electron chi connectivity index (χ1n) is 7.12. The van der Waals surface area contributed by atoms with Gasteiger partial charge in [-0.25, -0.2) is 0 Å². The quantitative estimate of drug-likeness (QED) is 0.828. The van der Waals surface area contributed by atoms with E-state index in [1.807, 2.05) is 0 Å². The second kappa shape index (κ2) is 6.07. The Morgan fingerprint density at radius 1 is 1.08 bits per heavy atom. The molecule has 0 radical (unpaired) electrons. The maximum atomic E-state index is 12.6. The average Bonchev–Trinajstić information content (AvgIpc) is 2.54. The van der Waals surface area contributed by atoms with Crippen LogP contribution in [0, 0.1) is 0 Å². The molecular weight excluding hydrogens is 325 g/mol. The molecule has 1 aliphatic heterocycles. The number of methoxy groups -OCH3 is 1. The first kappa shape index (κ1) is 16.2. The summed E-state index contributed by atoms with van der Waals surface area (Å²) < 4.78 is 54.1. The normalized spacial score (nSPS) is 13.9. The third-order valence-electron chi connectivity index (χ3n) is 3.57. The summed E-state index contributed by atoms with van der Waals surface area (Å²) in [4.78, 5) is 11.9. The summed E-state index contributed by atoms with van der Waals surface area (Å²) >= 11 is 0. The van der Waals surface area contributed by atoms with Crippen LogP contribution in [0.3, 0.4) is 0 Å². The van der Waals surface area contributed by atoms with E-state index in [-0.39, 0.29) is 41.8 Å². The van der Waals surface area contributed by atoms with Crippen molar-refractivity contribution in [2.45, 2.75) is 12.6 Å². The number of carbonyl (C=O) groups is 1. The fraction of sp³-hybridized carbons (Fsp3) is 0.235. The maximum Gasteiger partial charge on any atom is 0.416 e. The van der Waals surface area contributed by atoms with Crippen molar-refractivity contribution in [1.29, 1.82) is 0 Å². The number of halogens is 3. The third kappa shape index (κ3) is 3.02.